The summed E-state index contributed by atoms with van der Waals surface area (Å²) in [6.45, 7) is 7.40. The van der Waals surface area contributed by atoms with Gasteiger partial charge in [-0.2, -0.15) is 0 Å². The topological polar surface area (TPSA) is 15.3 Å². The normalized spacial score (nSPS) is 33.7. The van der Waals surface area contributed by atoms with Crippen molar-refractivity contribution in [2.45, 2.75) is 42.5 Å². The molecule has 2 fully saturated rings. The maximum Gasteiger partial charge on any atom is 0.0308 e. The highest BCUT2D eigenvalue weighted by molar-refractivity contribution is 7.99. The van der Waals surface area contributed by atoms with E-state index >= 15 is 0 Å². The second kappa shape index (κ2) is 5.60. The number of fused-ring (bicyclic) bond motifs is 1. The number of hydrogen-bond donors (Lipinski definition) is 1. The van der Waals surface area contributed by atoms with Crippen LogP contribution in [-0.2, 0) is 0 Å². The monoisotopic (exact) mass is 302 g/mol. The van der Waals surface area contributed by atoms with Crippen molar-refractivity contribution >= 4 is 11.8 Å². The first-order valence-electron chi connectivity index (χ1n) is 8.44. The maximum absolute atomic E-state index is 3.85. The lowest BCUT2D eigenvalue weighted by Gasteiger charge is -2.35. The molecule has 1 saturated carbocycles. The molecule has 1 N–H and O–H groups in total. The van der Waals surface area contributed by atoms with Gasteiger partial charge in [-0.15, -0.1) is 11.8 Å². The van der Waals surface area contributed by atoms with E-state index in [0.717, 1.165) is 11.8 Å². The van der Waals surface area contributed by atoms with E-state index in [2.05, 4.69) is 41.4 Å². The number of thioether (sulfide) groups is 1. The molecule has 1 aromatic carbocycles. The van der Waals surface area contributed by atoms with Crippen LogP contribution in [0.5, 0.6) is 0 Å². The molecule has 1 aliphatic carbocycles. The molecule has 0 radical (unpaired) electrons. The molecule has 3 aliphatic rings. The van der Waals surface area contributed by atoms with Gasteiger partial charge in [-0.1, -0.05) is 18.2 Å². The van der Waals surface area contributed by atoms with Gasteiger partial charge in [0.05, 0.1) is 0 Å². The molecule has 1 aromatic rings. The molecule has 2 nitrogen and oxygen atoms in total. The summed E-state index contributed by atoms with van der Waals surface area (Å²) in [6.07, 6.45) is 4.16. The third kappa shape index (κ3) is 2.88. The average molecular weight is 302 g/mol. The molecule has 2 atom stereocenters. The summed E-state index contributed by atoms with van der Waals surface area (Å²) in [5.74, 6) is 2.92. The maximum atomic E-state index is 3.85. The summed E-state index contributed by atoms with van der Waals surface area (Å²) in [7, 11) is 0. The second-order valence-electron chi connectivity index (χ2n) is 7.25. The van der Waals surface area contributed by atoms with Gasteiger partial charge in [0.2, 0.25) is 0 Å². The summed E-state index contributed by atoms with van der Waals surface area (Å²) in [6, 6.07) is 9.01. The third-order valence-corrected chi connectivity index (χ3v) is 6.74. The minimum Gasteiger partial charge on any atom is -0.310 e. The Kier molecular flexibility index (Phi) is 3.76. The van der Waals surface area contributed by atoms with E-state index in [-0.39, 0.29) is 0 Å². The molecule has 21 heavy (non-hydrogen) atoms. The van der Waals surface area contributed by atoms with Crippen LogP contribution < -0.4 is 5.32 Å². The minimum atomic E-state index is 0.363. The minimum absolute atomic E-state index is 0.363. The van der Waals surface area contributed by atoms with Gasteiger partial charge in [0.15, 0.2) is 0 Å². The SMILES string of the molecule is CC1(C2CC2)CN(CC2CSc3ccccc32)CCCN1. The molecule has 0 bridgehead atoms. The fraction of sp³-hybridized carbons (Fsp3) is 0.667. The van der Waals surface area contributed by atoms with Crippen molar-refractivity contribution in [3.05, 3.63) is 29.8 Å². The zero-order valence-corrected chi connectivity index (χ0v) is 13.8. The third-order valence-electron chi connectivity index (χ3n) is 5.49. The summed E-state index contributed by atoms with van der Waals surface area (Å²) in [5.41, 5.74) is 1.95. The van der Waals surface area contributed by atoms with Gasteiger partial charge in [0.1, 0.15) is 0 Å². The number of rotatable bonds is 3. The van der Waals surface area contributed by atoms with E-state index < -0.39 is 0 Å². The first-order valence-corrected chi connectivity index (χ1v) is 9.42. The Morgan fingerprint density at radius 3 is 3.05 bits per heavy atom. The van der Waals surface area contributed by atoms with Gasteiger partial charge in [-0.3, -0.25) is 0 Å². The highest BCUT2D eigenvalue weighted by Gasteiger charge is 2.43. The predicted octanol–water partition coefficient (Wildman–Crippen LogP) is 3.34. The summed E-state index contributed by atoms with van der Waals surface area (Å²) in [4.78, 5) is 4.26. The Morgan fingerprint density at radius 2 is 2.19 bits per heavy atom. The van der Waals surface area contributed by atoms with Crippen molar-refractivity contribution in [3.8, 4) is 0 Å². The molecule has 1 saturated heterocycles. The van der Waals surface area contributed by atoms with E-state index in [4.69, 9.17) is 0 Å². The van der Waals surface area contributed by atoms with E-state index in [1.54, 1.807) is 5.56 Å². The quantitative estimate of drug-likeness (QED) is 0.922. The zero-order valence-electron chi connectivity index (χ0n) is 13.0. The van der Waals surface area contributed by atoms with Crippen LogP contribution in [0.4, 0.5) is 0 Å². The Balaban J connectivity index is 1.46. The lowest BCUT2D eigenvalue weighted by atomic mass is 9.94. The van der Waals surface area contributed by atoms with Crippen molar-refractivity contribution in [2.24, 2.45) is 5.92 Å². The van der Waals surface area contributed by atoms with Crippen LogP contribution in [0.15, 0.2) is 29.2 Å². The van der Waals surface area contributed by atoms with Crippen molar-refractivity contribution < 1.29 is 0 Å². The fourth-order valence-corrected chi connectivity index (χ4v) is 5.36. The van der Waals surface area contributed by atoms with Crippen molar-refractivity contribution in [1.29, 1.82) is 0 Å². The molecule has 2 unspecified atom stereocenters. The first-order chi connectivity index (χ1) is 10.2. The number of nitrogens with zero attached hydrogens (tertiary/aromatic N) is 1. The first kappa shape index (κ1) is 14.1. The largest absolute Gasteiger partial charge is 0.310 e. The highest BCUT2D eigenvalue weighted by Crippen LogP contribution is 2.42. The summed E-state index contributed by atoms with van der Waals surface area (Å²) >= 11 is 2.05. The molecule has 2 aliphatic heterocycles. The van der Waals surface area contributed by atoms with Gasteiger partial charge in [0.25, 0.3) is 0 Å². The Bertz CT molecular complexity index is 514. The molecular formula is C18H26N2S. The van der Waals surface area contributed by atoms with Gasteiger partial charge < -0.3 is 10.2 Å². The predicted molar refractivity (Wildman–Crippen MR) is 90.1 cm³/mol. The molecular weight excluding hydrogens is 276 g/mol. The van der Waals surface area contributed by atoms with Crippen LogP contribution in [0, 0.1) is 5.92 Å². The summed E-state index contributed by atoms with van der Waals surface area (Å²) in [5, 5.41) is 3.85. The van der Waals surface area contributed by atoms with Crippen LogP contribution in [0.1, 0.15) is 37.7 Å². The smallest absolute Gasteiger partial charge is 0.0308 e. The Morgan fingerprint density at radius 1 is 1.33 bits per heavy atom. The second-order valence-corrected chi connectivity index (χ2v) is 8.31. The zero-order chi connectivity index (χ0) is 14.3. The molecule has 114 valence electrons. The molecule has 0 spiro atoms. The fourth-order valence-electron chi connectivity index (χ4n) is 4.12. The molecule has 0 aromatic heterocycles. The van der Waals surface area contributed by atoms with Crippen LogP contribution in [0.2, 0.25) is 0 Å². The van der Waals surface area contributed by atoms with E-state index in [9.17, 15) is 0 Å². The van der Waals surface area contributed by atoms with Crippen LogP contribution in [-0.4, -0.2) is 42.4 Å². The van der Waals surface area contributed by atoms with E-state index in [1.165, 1.54) is 56.1 Å². The number of benzene rings is 1. The number of hydrogen-bond acceptors (Lipinski definition) is 3. The van der Waals surface area contributed by atoms with Crippen molar-refractivity contribution in [3.63, 3.8) is 0 Å². The summed E-state index contributed by atoms with van der Waals surface area (Å²) < 4.78 is 0. The van der Waals surface area contributed by atoms with E-state index in [1.807, 2.05) is 11.8 Å². The highest BCUT2D eigenvalue weighted by atomic mass is 32.2. The van der Waals surface area contributed by atoms with E-state index in [0.29, 0.717) is 5.54 Å². The average Bonchev–Trinajstić information content (AvgIpc) is 3.28. The van der Waals surface area contributed by atoms with Crippen LogP contribution >= 0.6 is 11.8 Å². The Hall–Kier alpha value is -0.510. The van der Waals surface area contributed by atoms with Gasteiger partial charge >= 0.3 is 0 Å². The molecule has 0 amide bonds. The van der Waals surface area contributed by atoms with Gasteiger partial charge in [-0.05, 0) is 56.8 Å². The van der Waals surface area contributed by atoms with Crippen molar-refractivity contribution in [2.75, 3.05) is 31.9 Å². The molecule has 2 heterocycles. The lowest BCUT2D eigenvalue weighted by molar-refractivity contribution is 0.195. The lowest BCUT2D eigenvalue weighted by Crippen LogP contribution is -2.51. The van der Waals surface area contributed by atoms with Crippen LogP contribution in [0.25, 0.3) is 0 Å². The Labute approximate surface area is 132 Å². The van der Waals surface area contributed by atoms with Crippen molar-refractivity contribution in [1.82, 2.24) is 10.2 Å². The number of nitrogens with one attached hydrogen (secondary N) is 1. The standard InChI is InChI=1S/C18H26N2S/c1-18(15-7-8-15)13-20(10-4-9-19-18)11-14-12-21-17-6-3-2-5-16(14)17/h2-3,5-6,14-15,19H,4,7-13H2,1H3. The van der Waals surface area contributed by atoms with Crippen LogP contribution in [0.3, 0.4) is 0 Å². The molecule has 4 rings (SSSR count). The molecule has 3 heteroatoms. The van der Waals surface area contributed by atoms with Gasteiger partial charge in [-0.25, -0.2) is 0 Å². The van der Waals surface area contributed by atoms with Gasteiger partial charge in [0, 0.05) is 35.2 Å².